The number of urea groups is 1. The molecular formula is C13H22N4O4S. The highest BCUT2D eigenvalue weighted by atomic mass is 32.2. The number of carbonyl (C=O) groups is 1. The Balaban J connectivity index is 2.09. The Morgan fingerprint density at radius 2 is 2.32 bits per heavy atom. The van der Waals surface area contributed by atoms with Crippen molar-refractivity contribution in [2.75, 3.05) is 37.1 Å². The summed E-state index contributed by atoms with van der Waals surface area (Å²) >= 11 is 0. The molecule has 2 heterocycles. The highest BCUT2D eigenvalue weighted by Crippen LogP contribution is 2.19. The summed E-state index contributed by atoms with van der Waals surface area (Å²) in [6, 6.07) is 1.10. The molecule has 1 aromatic rings. The number of nitrogens with zero attached hydrogens (tertiary/aromatic N) is 3. The maximum absolute atomic E-state index is 12.5. The molecule has 0 bridgehead atoms. The van der Waals surface area contributed by atoms with Crippen molar-refractivity contribution in [1.82, 2.24) is 14.7 Å². The van der Waals surface area contributed by atoms with Crippen LogP contribution in [0.5, 0.6) is 0 Å². The molecular weight excluding hydrogens is 308 g/mol. The summed E-state index contributed by atoms with van der Waals surface area (Å²) in [6.45, 7) is 2.58. The van der Waals surface area contributed by atoms with Crippen molar-refractivity contribution in [1.29, 1.82) is 0 Å². The number of rotatable bonds is 5. The number of amides is 2. The van der Waals surface area contributed by atoms with E-state index in [1.54, 1.807) is 24.9 Å². The van der Waals surface area contributed by atoms with Crippen LogP contribution >= 0.6 is 0 Å². The van der Waals surface area contributed by atoms with E-state index in [-0.39, 0.29) is 23.6 Å². The molecule has 1 unspecified atom stereocenters. The molecule has 1 saturated heterocycles. The van der Waals surface area contributed by atoms with Crippen LogP contribution in [0.1, 0.15) is 12.1 Å². The van der Waals surface area contributed by atoms with E-state index >= 15 is 0 Å². The lowest BCUT2D eigenvalue weighted by Crippen LogP contribution is -2.45. The van der Waals surface area contributed by atoms with Crippen molar-refractivity contribution >= 4 is 21.7 Å². The number of sulfone groups is 1. The van der Waals surface area contributed by atoms with Gasteiger partial charge in [-0.2, -0.15) is 5.10 Å². The zero-order chi connectivity index (χ0) is 16.3. The number of aryl methyl sites for hydroxylation is 2. The first-order valence-corrected chi connectivity index (χ1v) is 8.92. The standard InChI is InChI=1S/C13H22N4O4S/c1-10-8-12(15-16(10)2)14-13(18)17(5-6-21-3)11-4-7-22(19,20)9-11/h8,11H,4-7,9H2,1-3H3,(H,14,15,18). The normalized spacial score (nSPS) is 20.0. The monoisotopic (exact) mass is 330 g/mol. The molecule has 0 aliphatic carbocycles. The Kier molecular flexibility index (Phi) is 5.07. The smallest absolute Gasteiger partial charge is 0.323 e. The van der Waals surface area contributed by atoms with Gasteiger partial charge in [0.05, 0.1) is 18.1 Å². The van der Waals surface area contributed by atoms with Gasteiger partial charge in [0.1, 0.15) is 0 Å². The van der Waals surface area contributed by atoms with Gasteiger partial charge in [-0.05, 0) is 13.3 Å². The minimum Gasteiger partial charge on any atom is -0.383 e. The fourth-order valence-electron chi connectivity index (χ4n) is 2.46. The summed E-state index contributed by atoms with van der Waals surface area (Å²) in [5.41, 5.74) is 0.919. The van der Waals surface area contributed by atoms with E-state index < -0.39 is 9.84 Å². The lowest BCUT2D eigenvalue weighted by atomic mass is 10.2. The Morgan fingerprint density at radius 1 is 1.59 bits per heavy atom. The summed E-state index contributed by atoms with van der Waals surface area (Å²) in [6.07, 6.45) is 0.459. The predicted molar refractivity (Wildman–Crippen MR) is 82.6 cm³/mol. The number of aromatic nitrogens is 2. The van der Waals surface area contributed by atoms with Crippen LogP contribution in [0.2, 0.25) is 0 Å². The second kappa shape index (κ2) is 6.66. The quantitative estimate of drug-likeness (QED) is 0.843. The van der Waals surface area contributed by atoms with Crippen molar-refractivity contribution < 1.29 is 17.9 Å². The van der Waals surface area contributed by atoms with E-state index in [0.29, 0.717) is 25.4 Å². The van der Waals surface area contributed by atoms with Gasteiger partial charge >= 0.3 is 6.03 Å². The Hall–Kier alpha value is -1.61. The fourth-order valence-corrected chi connectivity index (χ4v) is 4.19. The minimum atomic E-state index is -3.06. The van der Waals surface area contributed by atoms with Gasteiger partial charge in [0.15, 0.2) is 15.7 Å². The van der Waals surface area contributed by atoms with Crippen LogP contribution in [0.25, 0.3) is 0 Å². The average Bonchev–Trinajstić information content (AvgIpc) is 2.93. The van der Waals surface area contributed by atoms with E-state index in [4.69, 9.17) is 4.74 Å². The summed E-state index contributed by atoms with van der Waals surface area (Å²) < 4.78 is 30.0. The lowest BCUT2D eigenvalue weighted by molar-refractivity contribution is 0.140. The first-order chi connectivity index (χ1) is 10.3. The third-order valence-electron chi connectivity index (χ3n) is 3.80. The van der Waals surface area contributed by atoms with Crippen molar-refractivity contribution in [3.8, 4) is 0 Å². The molecule has 1 fully saturated rings. The molecule has 0 radical (unpaired) electrons. The molecule has 22 heavy (non-hydrogen) atoms. The molecule has 8 nitrogen and oxygen atoms in total. The maximum Gasteiger partial charge on any atom is 0.323 e. The number of hydrogen-bond donors (Lipinski definition) is 1. The van der Waals surface area contributed by atoms with Crippen molar-refractivity contribution in [2.24, 2.45) is 7.05 Å². The largest absolute Gasteiger partial charge is 0.383 e. The molecule has 0 saturated carbocycles. The van der Waals surface area contributed by atoms with Crippen LogP contribution in [0, 0.1) is 6.92 Å². The average molecular weight is 330 g/mol. The minimum absolute atomic E-state index is 0.00534. The van der Waals surface area contributed by atoms with E-state index in [2.05, 4.69) is 10.4 Å². The molecule has 0 spiro atoms. The third-order valence-corrected chi connectivity index (χ3v) is 5.55. The van der Waals surface area contributed by atoms with Crippen molar-refractivity contribution in [3.63, 3.8) is 0 Å². The zero-order valence-electron chi connectivity index (χ0n) is 13.1. The molecule has 2 rings (SSSR count). The maximum atomic E-state index is 12.5. The van der Waals surface area contributed by atoms with E-state index in [9.17, 15) is 13.2 Å². The van der Waals surface area contributed by atoms with Crippen LogP contribution in [0.15, 0.2) is 6.07 Å². The van der Waals surface area contributed by atoms with Gasteiger partial charge in [0, 0.05) is 38.5 Å². The number of carbonyl (C=O) groups excluding carboxylic acids is 1. The van der Waals surface area contributed by atoms with Crippen LogP contribution in [0.3, 0.4) is 0 Å². The fraction of sp³-hybridized carbons (Fsp3) is 0.692. The molecule has 124 valence electrons. The van der Waals surface area contributed by atoms with E-state index in [1.807, 2.05) is 6.92 Å². The van der Waals surface area contributed by atoms with E-state index in [0.717, 1.165) is 5.69 Å². The Bertz CT molecular complexity index is 621. The van der Waals surface area contributed by atoms with Gasteiger partial charge in [-0.1, -0.05) is 0 Å². The number of ether oxygens (including phenoxy) is 1. The van der Waals surface area contributed by atoms with Crippen LogP contribution in [-0.4, -0.2) is 66.9 Å². The highest BCUT2D eigenvalue weighted by molar-refractivity contribution is 7.91. The van der Waals surface area contributed by atoms with E-state index in [1.165, 1.54) is 4.90 Å². The second-order valence-corrected chi connectivity index (χ2v) is 7.70. The highest BCUT2D eigenvalue weighted by Gasteiger charge is 2.34. The van der Waals surface area contributed by atoms with Crippen LogP contribution in [-0.2, 0) is 21.6 Å². The molecule has 1 atom stereocenters. The third kappa shape index (κ3) is 3.98. The van der Waals surface area contributed by atoms with Gasteiger partial charge in [0.2, 0.25) is 0 Å². The summed E-state index contributed by atoms with van der Waals surface area (Å²) in [7, 11) is 0.277. The molecule has 1 aliphatic heterocycles. The number of methoxy groups -OCH3 is 1. The van der Waals surface area contributed by atoms with Crippen molar-refractivity contribution in [2.45, 2.75) is 19.4 Å². The van der Waals surface area contributed by atoms with Crippen LogP contribution < -0.4 is 5.32 Å². The molecule has 1 N–H and O–H groups in total. The van der Waals surface area contributed by atoms with Gasteiger partial charge in [-0.15, -0.1) is 0 Å². The first-order valence-electron chi connectivity index (χ1n) is 7.10. The summed E-state index contributed by atoms with van der Waals surface area (Å²) in [5, 5.41) is 6.90. The van der Waals surface area contributed by atoms with Crippen LogP contribution in [0.4, 0.5) is 10.6 Å². The van der Waals surface area contributed by atoms with Gasteiger partial charge < -0.3 is 9.64 Å². The van der Waals surface area contributed by atoms with Gasteiger partial charge in [0.25, 0.3) is 0 Å². The molecule has 9 heteroatoms. The predicted octanol–water partition coefficient (Wildman–Crippen LogP) is 0.396. The lowest BCUT2D eigenvalue weighted by Gasteiger charge is -2.27. The molecule has 1 aliphatic rings. The molecule has 0 aromatic carbocycles. The zero-order valence-corrected chi connectivity index (χ0v) is 13.9. The SMILES string of the molecule is COCCN(C(=O)Nc1cc(C)n(C)n1)C1CCS(=O)(=O)C1. The molecule has 2 amide bonds. The summed E-state index contributed by atoms with van der Waals surface area (Å²) in [5.74, 6) is 0.580. The Labute approximate surface area is 130 Å². The first kappa shape index (κ1) is 16.8. The second-order valence-electron chi connectivity index (χ2n) is 5.47. The molecule has 1 aromatic heterocycles. The Morgan fingerprint density at radius 3 is 2.82 bits per heavy atom. The summed E-state index contributed by atoms with van der Waals surface area (Å²) in [4.78, 5) is 14.0. The number of hydrogen-bond acceptors (Lipinski definition) is 5. The van der Waals surface area contributed by atoms with Crippen molar-refractivity contribution in [3.05, 3.63) is 11.8 Å². The number of anilines is 1. The topological polar surface area (TPSA) is 93.5 Å². The van der Waals surface area contributed by atoms with Gasteiger partial charge in [-0.25, -0.2) is 13.2 Å². The number of nitrogens with one attached hydrogen (secondary N) is 1. The van der Waals surface area contributed by atoms with Gasteiger partial charge in [-0.3, -0.25) is 10.00 Å².